The van der Waals surface area contributed by atoms with Crippen molar-refractivity contribution in [2.45, 2.75) is 51.7 Å². The molecule has 0 bridgehead atoms. The zero-order chi connectivity index (χ0) is 13.8. The van der Waals surface area contributed by atoms with E-state index in [0.717, 1.165) is 18.6 Å². The zero-order valence-electron chi connectivity index (χ0n) is 12.2. The van der Waals surface area contributed by atoms with Gasteiger partial charge in [-0.2, -0.15) is 0 Å². The zero-order valence-corrected chi connectivity index (χ0v) is 13.2. The second-order valence-electron chi connectivity index (χ2n) is 6.17. The number of rotatable bonds is 4. The van der Waals surface area contributed by atoms with Crippen LogP contribution < -0.4 is 4.43 Å². The standard InChI is InChI=1S/C16H24OSi/c1-7-8-11-14-12-9-10-13-15(14)17-18(5,6)16(2,3)4/h1,9-10,12-13H,8,11H2,2-6H3. The Kier molecular flexibility index (Phi) is 4.64. The van der Waals surface area contributed by atoms with Crippen LogP contribution in [0, 0.1) is 12.3 Å². The fourth-order valence-corrected chi connectivity index (χ4v) is 2.50. The summed E-state index contributed by atoms with van der Waals surface area (Å²) in [6, 6.07) is 8.25. The highest BCUT2D eigenvalue weighted by Crippen LogP contribution is 2.38. The fraction of sp³-hybridized carbons (Fsp3) is 0.500. The highest BCUT2D eigenvalue weighted by molar-refractivity contribution is 6.74. The van der Waals surface area contributed by atoms with Gasteiger partial charge >= 0.3 is 0 Å². The molecule has 0 spiro atoms. The Labute approximate surface area is 113 Å². The minimum Gasteiger partial charge on any atom is -0.543 e. The monoisotopic (exact) mass is 260 g/mol. The van der Waals surface area contributed by atoms with Crippen molar-refractivity contribution in [2.24, 2.45) is 0 Å². The minimum atomic E-state index is -1.77. The van der Waals surface area contributed by atoms with Crippen LogP contribution >= 0.6 is 0 Å². The lowest BCUT2D eigenvalue weighted by molar-refractivity contribution is 0.487. The summed E-state index contributed by atoms with van der Waals surface area (Å²) in [4.78, 5) is 0. The Hall–Kier alpha value is -1.20. The van der Waals surface area contributed by atoms with E-state index in [1.54, 1.807) is 0 Å². The predicted octanol–water partition coefficient (Wildman–Crippen LogP) is 4.64. The van der Waals surface area contributed by atoms with Gasteiger partial charge in [0.15, 0.2) is 0 Å². The van der Waals surface area contributed by atoms with Crippen LogP contribution in [0.5, 0.6) is 5.75 Å². The molecule has 1 aromatic carbocycles. The van der Waals surface area contributed by atoms with Crippen LogP contribution in [0.3, 0.4) is 0 Å². The molecule has 0 unspecified atom stereocenters. The van der Waals surface area contributed by atoms with Crippen LogP contribution in [-0.2, 0) is 6.42 Å². The SMILES string of the molecule is C#CCCc1ccccc1O[Si](C)(C)C(C)(C)C. The van der Waals surface area contributed by atoms with Crippen molar-refractivity contribution >= 4 is 8.32 Å². The molecule has 0 saturated heterocycles. The third-order valence-electron chi connectivity index (χ3n) is 3.68. The third kappa shape index (κ3) is 3.65. The molecule has 1 rings (SSSR count). The van der Waals surface area contributed by atoms with E-state index in [4.69, 9.17) is 10.8 Å². The molecule has 0 radical (unpaired) electrons. The van der Waals surface area contributed by atoms with Gasteiger partial charge in [-0.25, -0.2) is 0 Å². The molecule has 1 nitrogen and oxygen atoms in total. The van der Waals surface area contributed by atoms with E-state index >= 15 is 0 Å². The molecule has 98 valence electrons. The lowest BCUT2D eigenvalue weighted by atomic mass is 10.1. The van der Waals surface area contributed by atoms with Crippen LogP contribution in [0.1, 0.15) is 32.8 Å². The molecular weight excluding hydrogens is 236 g/mol. The topological polar surface area (TPSA) is 9.23 Å². The number of terminal acetylenes is 1. The lowest BCUT2D eigenvalue weighted by Crippen LogP contribution is -2.44. The molecule has 0 amide bonds. The summed E-state index contributed by atoms with van der Waals surface area (Å²) in [5.41, 5.74) is 1.22. The van der Waals surface area contributed by atoms with Gasteiger partial charge in [-0.1, -0.05) is 39.0 Å². The molecule has 0 aliphatic heterocycles. The molecule has 0 aliphatic carbocycles. The van der Waals surface area contributed by atoms with Crippen molar-refractivity contribution in [3.63, 3.8) is 0 Å². The fourth-order valence-electron chi connectivity index (χ4n) is 1.44. The first-order valence-corrected chi connectivity index (χ1v) is 9.39. The summed E-state index contributed by atoms with van der Waals surface area (Å²) >= 11 is 0. The van der Waals surface area contributed by atoms with E-state index in [1.165, 1.54) is 5.56 Å². The van der Waals surface area contributed by atoms with Crippen LogP contribution in [0.25, 0.3) is 0 Å². The maximum Gasteiger partial charge on any atom is 0.250 e. The first kappa shape index (κ1) is 14.9. The highest BCUT2D eigenvalue weighted by atomic mass is 28.4. The summed E-state index contributed by atoms with van der Waals surface area (Å²) in [5.74, 6) is 3.71. The number of para-hydroxylation sites is 1. The van der Waals surface area contributed by atoms with Gasteiger partial charge in [0.25, 0.3) is 0 Å². The summed E-state index contributed by atoms with van der Waals surface area (Å²) in [6.45, 7) is 11.3. The van der Waals surface area contributed by atoms with Crippen molar-refractivity contribution < 1.29 is 4.43 Å². The molecule has 0 heterocycles. The van der Waals surface area contributed by atoms with Gasteiger partial charge in [0.1, 0.15) is 5.75 Å². The maximum absolute atomic E-state index is 6.36. The molecule has 2 heteroatoms. The Morgan fingerprint density at radius 1 is 1.22 bits per heavy atom. The van der Waals surface area contributed by atoms with E-state index in [1.807, 2.05) is 12.1 Å². The summed E-state index contributed by atoms with van der Waals surface area (Å²) in [6.07, 6.45) is 6.99. The van der Waals surface area contributed by atoms with Crippen molar-refractivity contribution in [1.29, 1.82) is 0 Å². The molecule has 18 heavy (non-hydrogen) atoms. The normalized spacial score (nSPS) is 12.0. The number of hydrogen-bond acceptors (Lipinski definition) is 1. The second kappa shape index (κ2) is 5.62. The Bertz CT molecular complexity index is 435. The molecule has 0 N–H and O–H groups in total. The van der Waals surface area contributed by atoms with Crippen molar-refractivity contribution in [3.05, 3.63) is 29.8 Å². The van der Waals surface area contributed by atoms with Gasteiger partial charge in [0, 0.05) is 6.42 Å². The molecule has 0 aromatic heterocycles. The van der Waals surface area contributed by atoms with Gasteiger partial charge in [-0.15, -0.1) is 12.3 Å². The number of benzene rings is 1. The molecule has 1 aromatic rings. The largest absolute Gasteiger partial charge is 0.543 e. The van der Waals surface area contributed by atoms with Crippen LogP contribution in [0.2, 0.25) is 18.1 Å². The molecule has 0 aliphatic rings. The Morgan fingerprint density at radius 3 is 2.39 bits per heavy atom. The van der Waals surface area contributed by atoms with Crippen molar-refractivity contribution in [3.8, 4) is 18.1 Å². The minimum absolute atomic E-state index is 0.215. The Balaban J connectivity index is 2.94. The van der Waals surface area contributed by atoms with Crippen LogP contribution in [0.15, 0.2) is 24.3 Å². The van der Waals surface area contributed by atoms with E-state index in [9.17, 15) is 0 Å². The quantitative estimate of drug-likeness (QED) is 0.566. The van der Waals surface area contributed by atoms with E-state index in [0.29, 0.717) is 0 Å². The predicted molar refractivity (Wildman–Crippen MR) is 81.4 cm³/mol. The maximum atomic E-state index is 6.36. The van der Waals surface area contributed by atoms with Gasteiger partial charge < -0.3 is 4.43 Å². The average molecular weight is 260 g/mol. The first-order valence-electron chi connectivity index (χ1n) is 6.48. The average Bonchev–Trinajstić information content (AvgIpc) is 2.26. The van der Waals surface area contributed by atoms with Crippen LogP contribution in [0.4, 0.5) is 0 Å². The van der Waals surface area contributed by atoms with E-state index < -0.39 is 8.32 Å². The summed E-state index contributed by atoms with van der Waals surface area (Å²) in [7, 11) is -1.77. The van der Waals surface area contributed by atoms with Crippen molar-refractivity contribution in [2.75, 3.05) is 0 Å². The lowest BCUT2D eigenvalue weighted by Gasteiger charge is -2.37. The van der Waals surface area contributed by atoms with Crippen molar-refractivity contribution in [1.82, 2.24) is 0 Å². The van der Waals surface area contributed by atoms with E-state index in [2.05, 4.69) is 51.9 Å². The smallest absolute Gasteiger partial charge is 0.250 e. The summed E-state index contributed by atoms with van der Waals surface area (Å²) < 4.78 is 6.36. The number of aryl methyl sites for hydroxylation is 1. The molecule has 0 fully saturated rings. The number of hydrogen-bond donors (Lipinski definition) is 0. The van der Waals surface area contributed by atoms with Gasteiger partial charge in [0.2, 0.25) is 8.32 Å². The van der Waals surface area contributed by atoms with Gasteiger partial charge in [-0.05, 0) is 36.2 Å². The highest BCUT2D eigenvalue weighted by Gasteiger charge is 2.39. The summed E-state index contributed by atoms with van der Waals surface area (Å²) in [5, 5.41) is 0.215. The van der Waals surface area contributed by atoms with Gasteiger partial charge in [0.05, 0.1) is 0 Å². The van der Waals surface area contributed by atoms with Crippen LogP contribution in [-0.4, -0.2) is 8.32 Å². The second-order valence-corrected chi connectivity index (χ2v) is 10.9. The third-order valence-corrected chi connectivity index (χ3v) is 8.03. The molecule has 0 saturated carbocycles. The molecular formula is C16H24OSi. The van der Waals surface area contributed by atoms with Gasteiger partial charge in [-0.3, -0.25) is 0 Å². The van der Waals surface area contributed by atoms with E-state index in [-0.39, 0.29) is 5.04 Å². The molecule has 0 atom stereocenters. The first-order chi connectivity index (χ1) is 8.28. The Morgan fingerprint density at radius 2 is 1.83 bits per heavy atom.